The first kappa shape index (κ1) is 17.6. The molecule has 0 aliphatic carbocycles. The van der Waals surface area contributed by atoms with E-state index >= 15 is 0 Å². The second kappa shape index (κ2) is 10.7. The molecule has 17 heavy (non-hydrogen) atoms. The van der Waals surface area contributed by atoms with E-state index in [0.717, 1.165) is 0 Å². The van der Waals surface area contributed by atoms with Gasteiger partial charge in [0, 0.05) is 18.2 Å². The standard InChI is InChI=1S/C9H10N2O2.2C2H6/c1-6(12)11-8-4-2-3-7(5-8)9(10)13;2*1-2/h2-5H,1H3,(H2,10,13)(H,11,12);2*1-2H3. The third-order valence-corrected chi connectivity index (χ3v) is 1.47. The minimum atomic E-state index is -0.507. The molecule has 2 amide bonds. The molecule has 4 nitrogen and oxygen atoms in total. The van der Waals surface area contributed by atoms with Crippen LogP contribution in [0.25, 0.3) is 0 Å². The zero-order chi connectivity index (χ0) is 13.8. The minimum absolute atomic E-state index is 0.179. The van der Waals surface area contributed by atoms with Crippen LogP contribution in [-0.4, -0.2) is 11.8 Å². The molecule has 3 N–H and O–H groups in total. The molecule has 0 unspecified atom stereocenters. The summed E-state index contributed by atoms with van der Waals surface area (Å²) in [5.41, 5.74) is 6.02. The van der Waals surface area contributed by atoms with Gasteiger partial charge in [-0.1, -0.05) is 33.8 Å². The van der Waals surface area contributed by atoms with Crippen molar-refractivity contribution in [2.45, 2.75) is 34.6 Å². The fourth-order valence-corrected chi connectivity index (χ4v) is 0.953. The van der Waals surface area contributed by atoms with Gasteiger partial charge in [-0.15, -0.1) is 0 Å². The first-order valence-corrected chi connectivity index (χ1v) is 5.77. The van der Waals surface area contributed by atoms with E-state index < -0.39 is 5.91 Å². The molecule has 0 atom stereocenters. The molecule has 1 rings (SSSR count). The highest BCUT2D eigenvalue weighted by Crippen LogP contribution is 2.09. The van der Waals surface area contributed by atoms with Crippen molar-refractivity contribution in [3.05, 3.63) is 29.8 Å². The van der Waals surface area contributed by atoms with Gasteiger partial charge in [0.05, 0.1) is 0 Å². The lowest BCUT2D eigenvalue weighted by molar-refractivity contribution is -0.114. The maximum absolute atomic E-state index is 10.7. The number of carbonyl (C=O) groups excluding carboxylic acids is 2. The van der Waals surface area contributed by atoms with Crippen molar-refractivity contribution in [3.63, 3.8) is 0 Å². The second-order valence-corrected chi connectivity index (χ2v) is 2.63. The Balaban J connectivity index is 0. The molecule has 0 fully saturated rings. The fourth-order valence-electron chi connectivity index (χ4n) is 0.953. The summed E-state index contributed by atoms with van der Waals surface area (Å²) in [7, 11) is 0. The van der Waals surface area contributed by atoms with Crippen LogP contribution in [0.4, 0.5) is 5.69 Å². The molecule has 0 bridgehead atoms. The lowest BCUT2D eigenvalue weighted by Gasteiger charge is -2.02. The van der Waals surface area contributed by atoms with E-state index in [1.165, 1.54) is 13.0 Å². The highest BCUT2D eigenvalue weighted by molar-refractivity contribution is 5.95. The quantitative estimate of drug-likeness (QED) is 0.831. The smallest absolute Gasteiger partial charge is 0.248 e. The topological polar surface area (TPSA) is 72.2 Å². The summed E-state index contributed by atoms with van der Waals surface area (Å²) < 4.78 is 0. The van der Waals surface area contributed by atoms with Gasteiger partial charge < -0.3 is 11.1 Å². The van der Waals surface area contributed by atoms with Crippen LogP contribution < -0.4 is 11.1 Å². The molecule has 1 aromatic rings. The van der Waals surface area contributed by atoms with E-state index in [0.29, 0.717) is 11.3 Å². The van der Waals surface area contributed by atoms with Crippen molar-refractivity contribution in [2.75, 3.05) is 5.32 Å². The van der Waals surface area contributed by atoms with Gasteiger partial charge >= 0.3 is 0 Å². The first-order valence-electron chi connectivity index (χ1n) is 5.77. The molecule has 1 aromatic carbocycles. The Hall–Kier alpha value is -1.84. The number of anilines is 1. The minimum Gasteiger partial charge on any atom is -0.366 e. The molecular weight excluding hydrogens is 216 g/mol. The van der Waals surface area contributed by atoms with Crippen molar-refractivity contribution in [2.24, 2.45) is 5.73 Å². The van der Waals surface area contributed by atoms with Crippen molar-refractivity contribution in [1.29, 1.82) is 0 Å². The van der Waals surface area contributed by atoms with Crippen LogP contribution in [0.2, 0.25) is 0 Å². The van der Waals surface area contributed by atoms with E-state index in [2.05, 4.69) is 5.32 Å². The number of benzene rings is 1. The number of primary amides is 1. The molecule has 0 radical (unpaired) electrons. The van der Waals surface area contributed by atoms with Crippen LogP contribution >= 0.6 is 0 Å². The van der Waals surface area contributed by atoms with E-state index in [4.69, 9.17) is 5.73 Å². The number of rotatable bonds is 2. The van der Waals surface area contributed by atoms with Crippen molar-refractivity contribution in [1.82, 2.24) is 0 Å². The van der Waals surface area contributed by atoms with Crippen molar-refractivity contribution >= 4 is 17.5 Å². The highest BCUT2D eigenvalue weighted by Gasteiger charge is 2.01. The second-order valence-electron chi connectivity index (χ2n) is 2.63. The third-order valence-electron chi connectivity index (χ3n) is 1.47. The van der Waals surface area contributed by atoms with Gasteiger partial charge in [0.2, 0.25) is 11.8 Å². The van der Waals surface area contributed by atoms with Gasteiger partial charge in [-0.05, 0) is 18.2 Å². The molecule has 4 heteroatoms. The number of nitrogens with one attached hydrogen (secondary N) is 1. The average molecular weight is 238 g/mol. The van der Waals surface area contributed by atoms with Crippen LogP contribution in [0, 0.1) is 0 Å². The summed E-state index contributed by atoms with van der Waals surface area (Å²) in [4.78, 5) is 21.4. The van der Waals surface area contributed by atoms with E-state index in [-0.39, 0.29) is 5.91 Å². The van der Waals surface area contributed by atoms with Crippen molar-refractivity contribution < 1.29 is 9.59 Å². The summed E-state index contributed by atoms with van der Waals surface area (Å²) in [5.74, 6) is -0.686. The lowest BCUT2D eigenvalue weighted by Crippen LogP contribution is -2.12. The molecule has 0 spiro atoms. The SMILES string of the molecule is CC.CC.CC(=O)Nc1cccc(C(N)=O)c1. The Kier molecular flexibility index (Phi) is 11.0. The molecular formula is C13H22N2O2. The summed E-state index contributed by atoms with van der Waals surface area (Å²) in [6.45, 7) is 9.40. The third kappa shape index (κ3) is 8.02. The number of nitrogens with two attached hydrogens (primary N) is 1. The molecule has 0 aliphatic heterocycles. The van der Waals surface area contributed by atoms with Crippen LogP contribution in [0.5, 0.6) is 0 Å². The maximum Gasteiger partial charge on any atom is 0.248 e. The summed E-state index contributed by atoms with van der Waals surface area (Å²) in [5, 5.41) is 2.55. The van der Waals surface area contributed by atoms with Gasteiger partial charge in [0.1, 0.15) is 0 Å². The maximum atomic E-state index is 10.7. The Morgan fingerprint density at radius 2 is 1.65 bits per heavy atom. The van der Waals surface area contributed by atoms with Gasteiger partial charge in [-0.2, -0.15) is 0 Å². The number of carbonyl (C=O) groups is 2. The van der Waals surface area contributed by atoms with Gasteiger partial charge in [-0.25, -0.2) is 0 Å². The number of hydrogen-bond donors (Lipinski definition) is 2. The zero-order valence-electron chi connectivity index (χ0n) is 11.2. The van der Waals surface area contributed by atoms with Gasteiger partial charge in [-0.3, -0.25) is 9.59 Å². The molecule has 0 heterocycles. The fraction of sp³-hybridized carbons (Fsp3) is 0.385. The largest absolute Gasteiger partial charge is 0.366 e. The highest BCUT2D eigenvalue weighted by atomic mass is 16.1. The van der Waals surface area contributed by atoms with Crippen LogP contribution in [0.1, 0.15) is 45.0 Å². The average Bonchev–Trinajstić information content (AvgIpc) is 2.33. The summed E-state index contributed by atoms with van der Waals surface area (Å²) in [6.07, 6.45) is 0. The molecule has 0 saturated heterocycles. The Morgan fingerprint density at radius 1 is 1.12 bits per heavy atom. The predicted octanol–water partition coefficient (Wildman–Crippen LogP) is 2.80. The van der Waals surface area contributed by atoms with Gasteiger partial charge in [0.15, 0.2) is 0 Å². The van der Waals surface area contributed by atoms with Gasteiger partial charge in [0.25, 0.3) is 0 Å². The molecule has 96 valence electrons. The first-order chi connectivity index (χ1) is 8.09. The summed E-state index contributed by atoms with van der Waals surface area (Å²) in [6, 6.07) is 6.47. The lowest BCUT2D eigenvalue weighted by atomic mass is 10.2. The summed E-state index contributed by atoms with van der Waals surface area (Å²) >= 11 is 0. The predicted molar refractivity (Wildman–Crippen MR) is 72.0 cm³/mol. The monoisotopic (exact) mass is 238 g/mol. The molecule has 0 aromatic heterocycles. The van der Waals surface area contributed by atoms with Crippen LogP contribution in [-0.2, 0) is 4.79 Å². The normalized spacial score (nSPS) is 7.82. The van der Waals surface area contributed by atoms with Crippen molar-refractivity contribution in [3.8, 4) is 0 Å². The molecule has 0 saturated carbocycles. The van der Waals surface area contributed by atoms with E-state index in [9.17, 15) is 9.59 Å². The zero-order valence-corrected chi connectivity index (χ0v) is 11.2. The Labute approximate surface area is 103 Å². The Bertz CT molecular complexity index is 349. The van der Waals surface area contributed by atoms with E-state index in [1.807, 2.05) is 27.7 Å². The number of hydrogen-bond acceptors (Lipinski definition) is 2. The Morgan fingerprint density at radius 3 is 2.06 bits per heavy atom. The van der Waals surface area contributed by atoms with Crippen LogP contribution in [0.15, 0.2) is 24.3 Å². The van der Waals surface area contributed by atoms with E-state index in [1.54, 1.807) is 18.2 Å². The molecule has 0 aliphatic rings. The van der Waals surface area contributed by atoms with Crippen LogP contribution in [0.3, 0.4) is 0 Å². The number of amides is 2.